The molecule has 1 heterocycles. The van der Waals surface area contributed by atoms with E-state index in [1.165, 1.54) is 48.5 Å². The summed E-state index contributed by atoms with van der Waals surface area (Å²) in [6.45, 7) is 0. The summed E-state index contributed by atoms with van der Waals surface area (Å²) >= 11 is 0. The van der Waals surface area contributed by atoms with Crippen LogP contribution >= 0.6 is 0 Å². The number of rotatable bonds is 0. The topological polar surface area (TPSA) is 180 Å². The molecule has 0 saturated heterocycles. The average Bonchev–Trinajstić information content (AvgIpc) is 2.87. The van der Waals surface area contributed by atoms with Crippen molar-refractivity contribution in [3.63, 3.8) is 0 Å². The van der Waals surface area contributed by atoms with Crippen molar-refractivity contribution in [3.05, 3.63) is 70.8 Å². The van der Waals surface area contributed by atoms with Crippen LogP contribution < -0.4 is 9.47 Å². The lowest BCUT2D eigenvalue weighted by molar-refractivity contribution is 0.349. The summed E-state index contributed by atoms with van der Waals surface area (Å²) in [7, 11) is 0. The highest BCUT2D eigenvalue weighted by Gasteiger charge is 2.20. The highest BCUT2D eigenvalue weighted by Crippen LogP contribution is 2.46. The fourth-order valence-electron chi connectivity index (χ4n) is 4.30. The van der Waals surface area contributed by atoms with Crippen molar-refractivity contribution in [2.24, 2.45) is 0 Å². The van der Waals surface area contributed by atoms with Gasteiger partial charge in [0.15, 0.2) is 46.0 Å². The number of hydrogen-bond donors (Lipinski definition) is 8. The van der Waals surface area contributed by atoms with Gasteiger partial charge in [0, 0.05) is 0 Å². The molecule has 4 aromatic carbocycles. The van der Waals surface area contributed by atoms with Crippen LogP contribution in [0.15, 0.2) is 48.5 Å². The van der Waals surface area contributed by atoms with Crippen LogP contribution in [0.3, 0.4) is 0 Å². The zero-order valence-electron chi connectivity index (χ0n) is 19.8. The van der Waals surface area contributed by atoms with E-state index in [0.717, 1.165) is 0 Å². The number of fused-ring (bicyclic) bond motifs is 8. The van der Waals surface area contributed by atoms with E-state index in [2.05, 4.69) is 0 Å². The van der Waals surface area contributed by atoms with Crippen LogP contribution in [-0.2, 0) is 25.7 Å². The van der Waals surface area contributed by atoms with Gasteiger partial charge < -0.3 is 50.3 Å². The number of aryl methyl sites for hydroxylation is 4. The summed E-state index contributed by atoms with van der Waals surface area (Å²) in [6.07, 6.45) is 1.14. The van der Waals surface area contributed by atoms with E-state index >= 15 is 0 Å². The molecule has 196 valence electrons. The zero-order valence-corrected chi connectivity index (χ0v) is 19.8. The Kier molecular flexibility index (Phi) is 6.08. The first-order valence-corrected chi connectivity index (χ1v) is 11.6. The van der Waals surface area contributed by atoms with Crippen LogP contribution in [0.4, 0.5) is 0 Å². The lowest BCUT2D eigenvalue weighted by atomic mass is 10.0. The van der Waals surface area contributed by atoms with E-state index in [0.29, 0.717) is 22.3 Å². The summed E-state index contributed by atoms with van der Waals surface area (Å²) in [5.74, 6) is -4.69. The molecule has 8 bridgehead atoms. The maximum atomic E-state index is 10.4. The quantitative estimate of drug-likeness (QED) is 0.150. The Morgan fingerprint density at radius 2 is 0.553 bits per heavy atom. The smallest absolute Gasteiger partial charge is 0.201 e. The molecule has 0 radical (unpaired) electrons. The molecule has 0 saturated carbocycles. The number of phenolic OH excluding ortho intramolecular Hbond substituents is 8. The Bertz CT molecular complexity index is 1330. The number of hydrogen-bond acceptors (Lipinski definition) is 10. The average molecular weight is 520 g/mol. The normalized spacial score (nSPS) is 13.1. The van der Waals surface area contributed by atoms with Crippen molar-refractivity contribution in [3.8, 4) is 69.0 Å². The predicted molar refractivity (Wildman–Crippen MR) is 134 cm³/mol. The Hall–Kier alpha value is -5.12. The van der Waals surface area contributed by atoms with E-state index in [1.807, 2.05) is 0 Å². The van der Waals surface area contributed by atoms with Gasteiger partial charge in [0.2, 0.25) is 23.0 Å². The van der Waals surface area contributed by atoms with Crippen molar-refractivity contribution in [2.45, 2.75) is 25.7 Å². The second-order valence-corrected chi connectivity index (χ2v) is 9.05. The Morgan fingerprint density at radius 3 is 0.763 bits per heavy atom. The van der Waals surface area contributed by atoms with Gasteiger partial charge in [-0.15, -0.1) is 0 Å². The van der Waals surface area contributed by atoms with E-state index in [9.17, 15) is 40.9 Å². The van der Waals surface area contributed by atoms with Crippen LogP contribution in [0.25, 0.3) is 0 Å². The van der Waals surface area contributed by atoms with E-state index in [4.69, 9.17) is 9.47 Å². The molecule has 0 unspecified atom stereocenters. The predicted octanol–water partition coefficient (Wildman–Crippen LogP) is 4.80. The number of ether oxygens (including phenoxy) is 2. The number of aromatic hydroxyl groups is 8. The molecule has 10 heteroatoms. The van der Waals surface area contributed by atoms with Gasteiger partial charge in [0.1, 0.15) is 0 Å². The summed E-state index contributed by atoms with van der Waals surface area (Å²) in [5, 5.41) is 82.5. The standard InChI is InChI=1S/C28H24O10/c29-17-5-13-1-2-14-6-18(30)26(34)22(10-14)38-24-12-16(8-20(32)28(24)36)4-3-15-7-19(31)27(35)23(11-15)37-21(9-13)25(17)33/h5-12,29-36H,1-4H2. The first-order chi connectivity index (χ1) is 18.1. The van der Waals surface area contributed by atoms with Gasteiger partial charge in [0.05, 0.1) is 0 Å². The van der Waals surface area contributed by atoms with E-state index in [1.54, 1.807) is 0 Å². The minimum Gasteiger partial charge on any atom is -0.504 e. The number of benzene rings is 4. The molecule has 0 aromatic heterocycles. The SMILES string of the molecule is Oc1cc2cc(c1O)Oc1cc(cc(O)c1O)CCc1cc(O)c(O)c(c1)Oc1cc(cc(O)c1O)CC2. The minimum atomic E-state index is -0.558. The van der Waals surface area contributed by atoms with Crippen LogP contribution in [0.5, 0.6) is 69.0 Å². The summed E-state index contributed by atoms with van der Waals surface area (Å²) in [4.78, 5) is 0. The van der Waals surface area contributed by atoms with Gasteiger partial charge in [-0.1, -0.05) is 0 Å². The lowest BCUT2D eigenvalue weighted by Crippen LogP contribution is -1.97. The number of phenols is 8. The first-order valence-electron chi connectivity index (χ1n) is 11.6. The van der Waals surface area contributed by atoms with E-state index < -0.39 is 46.0 Å². The van der Waals surface area contributed by atoms with Gasteiger partial charge >= 0.3 is 0 Å². The summed E-state index contributed by atoms with van der Waals surface area (Å²) < 4.78 is 11.4. The summed E-state index contributed by atoms with van der Waals surface area (Å²) in [5.41, 5.74) is 2.12. The Labute approximate surface area is 216 Å². The largest absolute Gasteiger partial charge is 0.504 e. The third-order valence-electron chi connectivity index (χ3n) is 6.30. The molecule has 0 spiro atoms. The maximum Gasteiger partial charge on any atom is 0.201 e. The third kappa shape index (κ3) is 4.66. The monoisotopic (exact) mass is 520 g/mol. The fraction of sp³-hybridized carbons (Fsp3) is 0.143. The Balaban J connectivity index is 1.65. The van der Waals surface area contributed by atoms with Crippen molar-refractivity contribution >= 4 is 0 Å². The van der Waals surface area contributed by atoms with Crippen molar-refractivity contribution < 1.29 is 50.3 Å². The second kappa shape index (κ2) is 9.40. The third-order valence-corrected chi connectivity index (χ3v) is 6.30. The first kappa shape index (κ1) is 24.6. The van der Waals surface area contributed by atoms with Crippen LogP contribution in [0.1, 0.15) is 22.3 Å². The molecule has 0 aliphatic carbocycles. The molecule has 38 heavy (non-hydrogen) atoms. The van der Waals surface area contributed by atoms with Crippen molar-refractivity contribution in [1.29, 1.82) is 0 Å². The van der Waals surface area contributed by atoms with Crippen molar-refractivity contribution in [1.82, 2.24) is 0 Å². The molecular weight excluding hydrogens is 496 g/mol. The highest BCUT2D eigenvalue weighted by molar-refractivity contribution is 5.60. The molecule has 0 atom stereocenters. The molecule has 1 aliphatic rings. The molecule has 0 fully saturated rings. The van der Waals surface area contributed by atoms with Gasteiger partial charge in [-0.2, -0.15) is 0 Å². The fourth-order valence-corrected chi connectivity index (χ4v) is 4.30. The molecule has 5 rings (SSSR count). The molecule has 0 amide bonds. The highest BCUT2D eigenvalue weighted by atomic mass is 16.5. The zero-order chi connectivity index (χ0) is 27.1. The minimum absolute atomic E-state index is 0.154. The van der Waals surface area contributed by atoms with Gasteiger partial charge in [0.25, 0.3) is 0 Å². The molecule has 10 nitrogen and oxygen atoms in total. The van der Waals surface area contributed by atoms with Gasteiger partial charge in [-0.25, -0.2) is 0 Å². The van der Waals surface area contributed by atoms with Crippen molar-refractivity contribution in [2.75, 3.05) is 0 Å². The molecular formula is C28H24O10. The molecule has 4 aromatic rings. The van der Waals surface area contributed by atoms with Crippen LogP contribution in [0.2, 0.25) is 0 Å². The molecule has 1 aliphatic heterocycles. The summed E-state index contributed by atoms with van der Waals surface area (Å²) in [6, 6.07) is 11.2. The second-order valence-electron chi connectivity index (χ2n) is 9.05. The lowest BCUT2D eigenvalue weighted by Gasteiger charge is -2.16. The maximum absolute atomic E-state index is 10.4. The van der Waals surface area contributed by atoms with Gasteiger partial charge in [-0.05, 0) is 96.5 Å². The van der Waals surface area contributed by atoms with Gasteiger partial charge in [-0.3, -0.25) is 0 Å². The van der Waals surface area contributed by atoms with Crippen LogP contribution in [0, 0.1) is 0 Å². The van der Waals surface area contributed by atoms with E-state index in [-0.39, 0.29) is 48.7 Å². The molecule has 8 N–H and O–H groups in total. The van der Waals surface area contributed by atoms with Crippen LogP contribution in [-0.4, -0.2) is 40.9 Å². The Morgan fingerprint density at radius 1 is 0.342 bits per heavy atom.